The van der Waals surface area contributed by atoms with Crippen molar-refractivity contribution in [3.8, 4) is 5.75 Å². The molecule has 0 aliphatic heterocycles. The lowest BCUT2D eigenvalue weighted by Gasteiger charge is -2.26. The Morgan fingerprint density at radius 1 is 0.534 bits per heavy atom. The van der Waals surface area contributed by atoms with Gasteiger partial charge in [-0.05, 0) is 104 Å². The van der Waals surface area contributed by atoms with Gasteiger partial charge < -0.3 is 30.5 Å². The van der Waals surface area contributed by atoms with Crippen LogP contribution in [0.25, 0.3) is 0 Å². The third kappa shape index (κ3) is 19.9. The highest BCUT2D eigenvalue weighted by atomic mass is 16.5. The number of phenolic OH excluding ortho intramolecular Hbond substituents is 1. The van der Waals surface area contributed by atoms with Crippen LogP contribution in [0.15, 0.2) is 103 Å². The van der Waals surface area contributed by atoms with Crippen LogP contribution in [-0.2, 0) is 30.7 Å². The Hall–Kier alpha value is -3.56. The molecule has 0 radical (unpaired) electrons. The van der Waals surface area contributed by atoms with Gasteiger partial charge in [0.25, 0.3) is 0 Å². The molecule has 318 valence electrons. The van der Waals surface area contributed by atoms with E-state index in [1.807, 2.05) is 30.3 Å². The molecule has 0 bridgehead atoms. The SMILES string of the molecule is OCc1cccc(C(O)CN(CCCCCCCCCCCc2ccccc2)Cc2cc(C(O)CNCCCCCCOCCCCc3ccccc3)ccc2O)c1. The van der Waals surface area contributed by atoms with Crippen LogP contribution in [0, 0.1) is 0 Å². The zero-order valence-corrected chi connectivity index (χ0v) is 35.3. The zero-order chi connectivity index (χ0) is 40.9. The van der Waals surface area contributed by atoms with Gasteiger partial charge in [-0.25, -0.2) is 0 Å². The lowest BCUT2D eigenvalue weighted by atomic mass is 10.0. The van der Waals surface area contributed by atoms with Crippen molar-refractivity contribution in [2.45, 2.75) is 135 Å². The molecule has 2 unspecified atom stereocenters. The van der Waals surface area contributed by atoms with Crippen LogP contribution in [-0.4, -0.2) is 64.7 Å². The van der Waals surface area contributed by atoms with Gasteiger partial charge in [0, 0.05) is 38.4 Å². The molecule has 7 heteroatoms. The smallest absolute Gasteiger partial charge is 0.120 e. The van der Waals surface area contributed by atoms with Gasteiger partial charge in [0.05, 0.1) is 18.8 Å². The minimum atomic E-state index is -0.726. The minimum Gasteiger partial charge on any atom is -0.508 e. The average Bonchev–Trinajstić information content (AvgIpc) is 3.25. The monoisotopic (exact) mass is 795 g/mol. The van der Waals surface area contributed by atoms with E-state index in [9.17, 15) is 20.4 Å². The van der Waals surface area contributed by atoms with Crippen LogP contribution in [0.2, 0.25) is 0 Å². The first-order valence-electron chi connectivity index (χ1n) is 22.5. The van der Waals surface area contributed by atoms with Gasteiger partial charge in [-0.2, -0.15) is 0 Å². The first-order valence-corrected chi connectivity index (χ1v) is 22.5. The van der Waals surface area contributed by atoms with Crippen molar-refractivity contribution in [1.82, 2.24) is 10.2 Å². The van der Waals surface area contributed by atoms with Crippen LogP contribution in [0.4, 0.5) is 0 Å². The minimum absolute atomic E-state index is 0.0677. The molecule has 0 fully saturated rings. The Morgan fingerprint density at radius 2 is 1.09 bits per heavy atom. The summed E-state index contributed by atoms with van der Waals surface area (Å²) in [6, 6.07) is 34.3. The van der Waals surface area contributed by atoms with Gasteiger partial charge in [-0.1, -0.05) is 149 Å². The van der Waals surface area contributed by atoms with E-state index in [0.717, 1.165) is 106 Å². The predicted molar refractivity (Wildman–Crippen MR) is 239 cm³/mol. The number of nitrogens with zero attached hydrogens (tertiary/aromatic N) is 1. The molecule has 0 aliphatic carbocycles. The number of aryl methyl sites for hydroxylation is 2. The second-order valence-corrected chi connectivity index (χ2v) is 16.1. The first kappa shape index (κ1) is 47.1. The number of aliphatic hydroxyl groups excluding tert-OH is 3. The van der Waals surface area contributed by atoms with Crippen LogP contribution >= 0.6 is 0 Å². The molecule has 5 N–H and O–H groups in total. The van der Waals surface area contributed by atoms with Crippen LogP contribution < -0.4 is 5.32 Å². The van der Waals surface area contributed by atoms with Crippen LogP contribution in [0.5, 0.6) is 5.75 Å². The van der Waals surface area contributed by atoms with E-state index in [0.29, 0.717) is 19.6 Å². The summed E-state index contributed by atoms with van der Waals surface area (Å²) in [6.45, 7) is 4.57. The van der Waals surface area contributed by atoms with Crippen molar-refractivity contribution in [1.29, 1.82) is 0 Å². The maximum absolute atomic E-state index is 11.3. The van der Waals surface area contributed by atoms with Crippen molar-refractivity contribution in [3.63, 3.8) is 0 Å². The highest BCUT2D eigenvalue weighted by molar-refractivity contribution is 5.37. The number of aromatic hydroxyl groups is 1. The highest BCUT2D eigenvalue weighted by Gasteiger charge is 2.18. The summed E-state index contributed by atoms with van der Waals surface area (Å²) < 4.78 is 5.84. The van der Waals surface area contributed by atoms with Gasteiger partial charge in [0.2, 0.25) is 0 Å². The number of rotatable bonds is 33. The van der Waals surface area contributed by atoms with Crippen molar-refractivity contribution in [3.05, 3.63) is 137 Å². The van der Waals surface area contributed by atoms with E-state index in [-0.39, 0.29) is 12.4 Å². The number of unbranched alkanes of at least 4 members (excludes halogenated alkanes) is 12. The fraction of sp³-hybridized carbons (Fsp3) is 0.529. The molecule has 4 rings (SSSR count). The summed E-state index contributed by atoms with van der Waals surface area (Å²) >= 11 is 0. The number of ether oxygens (including phenoxy) is 1. The summed E-state index contributed by atoms with van der Waals surface area (Å²) in [6.07, 6.45) is 18.6. The van der Waals surface area contributed by atoms with Crippen LogP contribution in [0.1, 0.15) is 142 Å². The largest absolute Gasteiger partial charge is 0.508 e. The molecule has 4 aromatic carbocycles. The fourth-order valence-corrected chi connectivity index (χ4v) is 7.65. The number of nitrogens with one attached hydrogen (secondary N) is 1. The maximum Gasteiger partial charge on any atom is 0.120 e. The Balaban J connectivity index is 1.13. The van der Waals surface area contributed by atoms with Gasteiger partial charge in [-0.3, -0.25) is 4.90 Å². The molecule has 7 nitrogen and oxygen atoms in total. The lowest BCUT2D eigenvalue weighted by molar-refractivity contribution is 0.107. The van der Waals surface area contributed by atoms with Crippen molar-refractivity contribution in [2.24, 2.45) is 0 Å². The molecule has 2 atom stereocenters. The molecular formula is C51H74N2O5. The average molecular weight is 795 g/mol. The summed E-state index contributed by atoms with van der Waals surface area (Å²) in [5, 5.41) is 46.3. The Morgan fingerprint density at radius 3 is 1.76 bits per heavy atom. The van der Waals surface area contributed by atoms with Crippen molar-refractivity contribution in [2.75, 3.05) is 39.4 Å². The molecule has 0 aromatic heterocycles. The number of hydrogen-bond donors (Lipinski definition) is 5. The van der Waals surface area contributed by atoms with Crippen LogP contribution in [0.3, 0.4) is 0 Å². The Kier molecular flexibility index (Phi) is 24.1. The normalized spacial score (nSPS) is 12.6. The Bertz CT molecular complexity index is 1600. The molecule has 0 heterocycles. The van der Waals surface area contributed by atoms with Gasteiger partial charge in [0.15, 0.2) is 0 Å². The predicted octanol–water partition coefficient (Wildman–Crippen LogP) is 10.4. The van der Waals surface area contributed by atoms with E-state index >= 15 is 0 Å². The summed E-state index contributed by atoms with van der Waals surface area (Å²) in [5.41, 5.74) is 5.91. The van der Waals surface area contributed by atoms with E-state index in [1.165, 1.54) is 62.5 Å². The van der Waals surface area contributed by atoms with E-state index < -0.39 is 12.2 Å². The van der Waals surface area contributed by atoms with Crippen molar-refractivity contribution < 1.29 is 25.2 Å². The molecule has 0 saturated heterocycles. The summed E-state index contributed by atoms with van der Waals surface area (Å²) in [4.78, 5) is 2.21. The second-order valence-electron chi connectivity index (χ2n) is 16.1. The fourth-order valence-electron chi connectivity index (χ4n) is 7.65. The standard InChI is InChI=1S/C51H74N2O5/c54-42-45-29-22-30-46(37-45)51(57)41-53(34-19-8-5-3-1-2-4-6-12-23-43-24-13-10-14-25-43)40-48-38-47(31-32-49(48)55)50(56)39-52-33-18-7-9-20-35-58-36-21-17-28-44-26-15-11-16-27-44/h10-11,13-16,22,24-27,29-32,37-38,50-52,54-57H,1-9,12,17-21,23,28,33-36,39-42H2. The molecular weight excluding hydrogens is 721 g/mol. The number of phenols is 1. The van der Waals surface area contributed by atoms with E-state index in [4.69, 9.17) is 4.74 Å². The highest BCUT2D eigenvalue weighted by Crippen LogP contribution is 2.26. The first-order chi connectivity index (χ1) is 28.5. The molecule has 0 amide bonds. The molecule has 0 aliphatic rings. The van der Waals surface area contributed by atoms with Crippen molar-refractivity contribution >= 4 is 0 Å². The van der Waals surface area contributed by atoms with Gasteiger partial charge in [0.1, 0.15) is 5.75 Å². The summed E-state index contributed by atoms with van der Waals surface area (Å²) in [5.74, 6) is 0.200. The topological polar surface area (TPSA) is 105 Å². The maximum atomic E-state index is 11.3. The van der Waals surface area contributed by atoms with E-state index in [2.05, 4.69) is 70.9 Å². The zero-order valence-electron chi connectivity index (χ0n) is 35.3. The third-order valence-corrected chi connectivity index (χ3v) is 11.2. The summed E-state index contributed by atoms with van der Waals surface area (Å²) in [7, 11) is 0. The van der Waals surface area contributed by atoms with Gasteiger partial charge in [-0.15, -0.1) is 0 Å². The second kappa shape index (κ2) is 29.6. The third-order valence-electron chi connectivity index (χ3n) is 11.2. The molecule has 0 saturated carbocycles. The molecule has 58 heavy (non-hydrogen) atoms. The number of aliphatic hydroxyl groups is 3. The van der Waals surface area contributed by atoms with E-state index in [1.54, 1.807) is 12.1 Å². The lowest BCUT2D eigenvalue weighted by Crippen LogP contribution is -2.29. The number of benzene rings is 4. The molecule has 4 aromatic rings. The van der Waals surface area contributed by atoms with Gasteiger partial charge >= 0.3 is 0 Å². The number of hydrogen-bond acceptors (Lipinski definition) is 7. The molecule has 0 spiro atoms. The Labute approximate surface area is 350 Å². The quantitative estimate of drug-likeness (QED) is 0.0306.